The van der Waals surface area contributed by atoms with Gasteiger partial charge in [-0.15, -0.1) is 0 Å². The minimum atomic E-state index is -2.44. The fourth-order valence-electron chi connectivity index (χ4n) is 1.42. The number of hydrogen-bond donors (Lipinski definition) is 2. The van der Waals surface area contributed by atoms with Crippen molar-refractivity contribution in [3.8, 4) is 0 Å². The van der Waals surface area contributed by atoms with Crippen LogP contribution < -0.4 is 11.1 Å². The van der Waals surface area contributed by atoms with E-state index < -0.39 is 5.76 Å². The van der Waals surface area contributed by atoms with Crippen LogP contribution in [0, 0.1) is 5.92 Å². The van der Waals surface area contributed by atoms with Gasteiger partial charge in [0.1, 0.15) is 0 Å². The lowest BCUT2D eigenvalue weighted by atomic mass is 10.1. The molecule has 18 heavy (non-hydrogen) atoms. The highest BCUT2D eigenvalue weighted by molar-refractivity contribution is 7.99. The highest BCUT2D eigenvalue weighted by Gasteiger charge is 2.14. The van der Waals surface area contributed by atoms with Crippen molar-refractivity contribution in [3.63, 3.8) is 0 Å². The standard InChI is InChI=1S/C12H16F2N2OS/c1-2-8(7-15)11(17)16-9-3-5-10(6-4-9)18-12(13)14/h3-6,8,12H,2,7,15H2,1H3,(H,16,17). The molecule has 0 aliphatic rings. The number of carbonyl (C=O) groups excluding carboxylic acids is 1. The van der Waals surface area contributed by atoms with Crippen LogP contribution >= 0.6 is 11.8 Å². The average molecular weight is 274 g/mol. The van der Waals surface area contributed by atoms with E-state index in [1.165, 1.54) is 0 Å². The Morgan fingerprint density at radius 3 is 2.44 bits per heavy atom. The Balaban J connectivity index is 2.60. The Bertz CT molecular complexity index is 380. The van der Waals surface area contributed by atoms with Crippen molar-refractivity contribution in [3.05, 3.63) is 24.3 Å². The Morgan fingerprint density at radius 2 is 2.00 bits per heavy atom. The molecule has 6 heteroatoms. The first-order chi connectivity index (χ1) is 8.56. The van der Waals surface area contributed by atoms with E-state index >= 15 is 0 Å². The van der Waals surface area contributed by atoms with E-state index in [0.29, 0.717) is 35.3 Å². The second-order valence-electron chi connectivity index (χ2n) is 3.73. The van der Waals surface area contributed by atoms with Gasteiger partial charge in [0.2, 0.25) is 5.91 Å². The van der Waals surface area contributed by atoms with Crippen LogP contribution in [0.1, 0.15) is 13.3 Å². The molecular formula is C12H16F2N2OS. The molecule has 1 amide bonds. The lowest BCUT2D eigenvalue weighted by Gasteiger charge is -2.12. The molecule has 1 atom stereocenters. The first-order valence-electron chi connectivity index (χ1n) is 5.62. The molecule has 0 saturated heterocycles. The van der Waals surface area contributed by atoms with E-state index in [0.717, 1.165) is 0 Å². The van der Waals surface area contributed by atoms with Crippen LogP contribution in [0.3, 0.4) is 0 Å². The molecule has 0 spiro atoms. The van der Waals surface area contributed by atoms with Crippen LogP contribution in [0.25, 0.3) is 0 Å². The Hall–Kier alpha value is -1.14. The van der Waals surface area contributed by atoms with Gasteiger partial charge < -0.3 is 11.1 Å². The predicted octanol–water partition coefficient (Wildman–Crippen LogP) is 2.92. The summed E-state index contributed by atoms with van der Waals surface area (Å²) in [6.45, 7) is 2.18. The highest BCUT2D eigenvalue weighted by atomic mass is 32.2. The molecule has 1 aromatic rings. The molecule has 0 heterocycles. The number of amides is 1. The number of rotatable bonds is 6. The van der Waals surface area contributed by atoms with Crippen LogP contribution in [0.15, 0.2) is 29.2 Å². The van der Waals surface area contributed by atoms with E-state index in [-0.39, 0.29) is 11.8 Å². The van der Waals surface area contributed by atoms with Gasteiger partial charge >= 0.3 is 0 Å². The number of carbonyl (C=O) groups is 1. The van der Waals surface area contributed by atoms with E-state index in [1.807, 2.05) is 6.92 Å². The van der Waals surface area contributed by atoms with Gasteiger partial charge in [0.25, 0.3) is 5.76 Å². The average Bonchev–Trinajstić information content (AvgIpc) is 2.32. The minimum absolute atomic E-state index is 0.144. The third-order valence-corrected chi connectivity index (χ3v) is 3.22. The van der Waals surface area contributed by atoms with Crippen molar-refractivity contribution < 1.29 is 13.6 Å². The monoisotopic (exact) mass is 274 g/mol. The van der Waals surface area contributed by atoms with Gasteiger partial charge in [0.05, 0.1) is 5.92 Å². The molecule has 0 fully saturated rings. The molecule has 0 aliphatic carbocycles. The minimum Gasteiger partial charge on any atom is -0.330 e. The van der Waals surface area contributed by atoms with Crippen LogP contribution in [0.2, 0.25) is 0 Å². The summed E-state index contributed by atoms with van der Waals surface area (Å²) in [5, 5.41) is 2.71. The maximum absolute atomic E-state index is 12.1. The van der Waals surface area contributed by atoms with Crippen molar-refractivity contribution in [1.29, 1.82) is 0 Å². The van der Waals surface area contributed by atoms with Gasteiger partial charge in [0, 0.05) is 17.1 Å². The fourth-order valence-corrected chi connectivity index (χ4v) is 1.92. The second kappa shape index (κ2) is 7.33. The maximum atomic E-state index is 12.1. The van der Waals surface area contributed by atoms with Gasteiger partial charge in [-0.3, -0.25) is 4.79 Å². The molecule has 3 N–H and O–H groups in total. The van der Waals surface area contributed by atoms with Crippen molar-refractivity contribution in [2.75, 3.05) is 11.9 Å². The van der Waals surface area contributed by atoms with Crippen LogP contribution in [-0.2, 0) is 4.79 Å². The van der Waals surface area contributed by atoms with Crippen LogP contribution in [0.5, 0.6) is 0 Å². The topological polar surface area (TPSA) is 55.1 Å². The number of nitrogens with one attached hydrogen (secondary N) is 1. The van der Waals surface area contributed by atoms with Gasteiger partial charge in [0.15, 0.2) is 0 Å². The number of alkyl halides is 2. The van der Waals surface area contributed by atoms with E-state index in [9.17, 15) is 13.6 Å². The van der Waals surface area contributed by atoms with Crippen molar-refractivity contribution in [2.24, 2.45) is 11.7 Å². The van der Waals surface area contributed by atoms with Crippen molar-refractivity contribution in [1.82, 2.24) is 0 Å². The zero-order chi connectivity index (χ0) is 13.5. The number of halogens is 2. The normalized spacial score (nSPS) is 12.5. The van der Waals surface area contributed by atoms with Crippen LogP contribution in [-0.4, -0.2) is 18.2 Å². The summed E-state index contributed by atoms with van der Waals surface area (Å²) < 4.78 is 24.2. The summed E-state index contributed by atoms with van der Waals surface area (Å²) in [7, 11) is 0. The molecule has 0 bridgehead atoms. The third kappa shape index (κ3) is 4.62. The molecule has 1 rings (SSSR count). The summed E-state index contributed by atoms with van der Waals surface area (Å²) in [6.07, 6.45) is 0.668. The summed E-state index contributed by atoms with van der Waals surface area (Å²) in [5.74, 6) is -2.80. The third-order valence-electron chi connectivity index (χ3n) is 2.50. The SMILES string of the molecule is CCC(CN)C(=O)Nc1ccc(SC(F)F)cc1. The van der Waals surface area contributed by atoms with Gasteiger partial charge in [-0.25, -0.2) is 0 Å². The highest BCUT2D eigenvalue weighted by Crippen LogP contribution is 2.26. The van der Waals surface area contributed by atoms with Gasteiger partial charge in [-0.05, 0) is 30.7 Å². The molecule has 1 aromatic carbocycles. The zero-order valence-corrected chi connectivity index (χ0v) is 10.8. The van der Waals surface area contributed by atoms with E-state index in [4.69, 9.17) is 5.73 Å². The van der Waals surface area contributed by atoms with Gasteiger partial charge in [-0.1, -0.05) is 18.7 Å². The zero-order valence-electron chi connectivity index (χ0n) is 10.0. The predicted molar refractivity (Wildman–Crippen MR) is 69.8 cm³/mol. The summed E-state index contributed by atoms with van der Waals surface area (Å²) >= 11 is 0.475. The van der Waals surface area contributed by atoms with Crippen molar-refractivity contribution >= 4 is 23.4 Å². The Labute approximate surface area is 109 Å². The fraction of sp³-hybridized carbons (Fsp3) is 0.417. The molecule has 0 aromatic heterocycles. The summed E-state index contributed by atoms with van der Waals surface area (Å²) in [6, 6.07) is 6.31. The molecule has 0 aliphatic heterocycles. The molecule has 0 saturated carbocycles. The first kappa shape index (κ1) is 14.9. The number of thioether (sulfide) groups is 1. The first-order valence-corrected chi connectivity index (χ1v) is 6.50. The number of anilines is 1. The van der Waals surface area contributed by atoms with Gasteiger partial charge in [-0.2, -0.15) is 8.78 Å². The molecular weight excluding hydrogens is 258 g/mol. The van der Waals surface area contributed by atoms with Crippen LogP contribution in [0.4, 0.5) is 14.5 Å². The Morgan fingerprint density at radius 1 is 1.39 bits per heavy atom. The molecule has 100 valence electrons. The molecule has 0 radical (unpaired) electrons. The largest absolute Gasteiger partial charge is 0.330 e. The van der Waals surface area contributed by atoms with E-state index in [2.05, 4.69) is 5.32 Å². The lowest BCUT2D eigenvalue weighted by Crippen LogP contribution is -2.28. The number of nitrogens with two attached hydrogens (primary N) is 1. The second-order valence-corrected chi connectivity index (χ2v) is 4.80. The quantitative estimate of drug-likeness (QED) is 0.784. The van der Waals surface area contributed by atoms with E-state index in [1.54, 1.807) is 24.3 Å². The number of benzene rings is 1. The lowest BCUT2D eigenvalue weighted by molar-refractivity contribution is -0.119. The number of hydrogen-bond acceptors (Lipinski definition) is 3. The maximum Gasteiger partial charge on any atom is 0.288 e. The summed E-state index contributed by atoms with van der Waals surface area (Å²) in [4.78, 5) is 12.2. The molecule has 1 unspecified atom stereocenters. The van der Waals surface area contributed by atoms with Crippen molar-refractivity contribution in [2.45, 2.75) is 24.0 Å². The molecule has 3 nitrogen and oxygen atoms in total. The Kier molecular flexibility index (Phi) is 6.07. The smallest absolute Gasteiger partial charge is 0.288 e. The summed E-state index contributed by atoms with van der Waals surface area (Å²) in [5.41, 5.74) is 6.06.